The van der Waals surface area contributed by atoms with E-state index in [1.807, 2.05) is 19.1 Å². The molecule has 0 aliphatic heterocycles. The normalized spacial score (nSPS) is 10.2. The Morgan fingerprint density at radius 1 is 1.29 bits per heavy atom. The molecule has 0 fully saturated rings. The molecule has 1 aromatic rings. The van der Waals surface area contributed by atoms with Crippen molar-refractivity contribution in [3.05, 3.63) is 23.3 Å². The van der Waals surface area contributed by atoms with Gasteiger partial charge in [-0.25, -0.2) is 0 Å². The van der Waals surface area contributed by atoms with E-state index in [-0.39, 0.29) is 11.2 Å². The van der Waals surface area contributed by atoms with Crippen LogP contribution in [-0.2, 0) is 22.4 Å². The number of aryl methyl sites for hydroxylation is 1. The van der Waals surface area contributed by atoms with E-state index in [1.165, 1.54) is 0 Å². The zero-order valence-corrected chi connectivity index (χ0v) is 13.6. The molecule has 1 aromatic carbocycles. The van der Waals surface area contributed by atoms with Crippen molar-refractivity contribution in [2.75, 3.05) is 0 Å². The number of benzene rings is 1. The van der Waals surface area contributed by atoms with Gasteiger partial charge in [-0.3, -0.25) is 4.99 Å². The van der Waals surface area contributed by atoms with Crippen molar-refractivity contribution < 1.29 is 22.1 Å². The summed E-state index contributed by atoms with van der Waals surface area (Å²) in [5.74, 6) is 0.248. The molecule has 1 rings (SSSR count). The van der Waals surface area contributed by atoms with Crippen LogP contribution in [0.2, 0.25) is 0 Å². The molecule has 0 spiro atoms. The summed E-state index contributed by atoms with van der Waals surface area (Å²) < 4.78 is 0. The van der Waals surface area contributed by atoms with Gasteiger partial charge in [-0.2, -0.15) is 0 Å². The molecule has 94 valence electrons. The molecular weight excluding hydrogens is 293 g/mol. The summed E-state index contributed by atoms with van der Waals surface area (Å²) in [5, 5.41) is 9.92. The van der Waals surface area contributed by atoms with E-state index < -0.39 is 17.0 Å². The first-order chi connectivity index (χ1) is 7.77. The number of halogens is 2. The number of nitrogens with zero attached hydrogens (tertiary/aromatic N) is 1. The van der Waals surface area contributed by atoms with E-state index in [0.717, 1.165) is 11.1 Å². The maximum absolute atomic E-state index is 9.92. The first kappa shape index (κ1) is 17.0. The topological polar surface area (TPSA) is 32.6 Å². The Bertz CT molecular complexity index is 389. The molecule has 0 radical (unpaired) electrons. The Kier molecular flexibility index (Phi) is 7.42. The van der Waals surface area contributed by atoms with Crippen LogP contribution >= 0.6 is 18.6 Å². The number of hydrogen-bond acceptors (Lipinski definition) is 2. The number of aromatic hydroxyl groups is 1. The Morgan fingerprint density at radius 3 is 2.12 bits per heavy atom. The molecular formula is C12H17Cl2NOTi. The minimum atomic E-state index is -0.556. The second-order valence-electron chi connectivity index (χ2n) is 4.66. The Balaban J connectivity index is 0.000000770. The van der Waals surface area contributed by atoms with Gasteiger partial charge in [0.25, 0.3) is 0 Å². The second-order valence-corrected chi connectivity index (χ2v) is 7.24. The van der Waals surface area contributed by atoms with Gasteiger partial charge in [0.1, 0.15) is 11.4 Å². The number of phenolic OH excluding ortho intramolecular Hbond substituents is 1. The van der Waals surface area contributed by atoms with Gasteiger partial charge in [0.05, 0.1) is 0 Å². The molecule has 0 saturated carbocycles. The van der Waals surface area contributed by atoms with Gasteiger partial charge < -0.3 is 5.11 Å². The third-order valence-electron chi connectivity index (χ3n) is 2.21. The molecule has 2 nitrogen and oxygen atoms in total. The first-order valence-corrected chi connectivity index (χ1v) is 9.34. The Hall–Kier alpha value is -0.0157. The van der Waals surface area contributed by atoms with Gasteiger partial charge in [0.2, 0.25) is 0 Å². The van der Waals surface area contributed by atoms with Crippen LogP contribution in [0.3, 0.4) is 0 Å². The maximum atomic E-state index is 9.92. The number of phenols is 1. The molecule has 0 atom stereocenters. The summed E-state index contributed by atoms with van der Waals surface area (Å²) in [5.41, 5.74) is 2.50. The van der Waals surface area contributed by atoms with Crippen LogP contribution in [0, 0.1) is 6.92 Å². The van der Waals surface area contributed by atoms with E-state index >= 15 is 0 Å². The Morgan fingerprint density at radius 2 is 1.76 bits per heavy atom. The van der Waals surface area contributed by atoms with E-state index in [0.29, 0.717) is 5.69 Å². The van der Waals surface area contributed by atoms with Crippen molar-refractivity contribution in [1.29, 1.82) is 0 Å². The molecule has 0 amide bonds. The summed E-state index contributed by atoms with van der Waals surface area (Å²) in [6.45, 7) is 11.6. The number of aliphatic imine (C=N–C) groups is 1. The monoisotopic (exact) mass is 309 g/mol. The second kappa shape index (κ2) is 7.43. The van der Waals surface area contributed by atoms with Crippen LogP contribution in [0.25, 0.3) is 0 Å². The fourth-order valence-corrected chi connectivity index (χ4v) is 1.45. The van der Waals surface area contributed by atoms with Crippen molar-refractivity contribution in [2.24, 2.45) is 4.99 Å². The van der Waals surface area contributed by atoms with E-state index in [1.54, 1.807) is 0 Å². The fourth-order valence-electron chi connectivity index (χ4n) is 1.45. The standard InChI is InChI=1S/C12H17NO.2ClH.Ti/c1-8-6-9(12(2,3)4)11(14)10(7-8)13-5;;;/h6-7,14H,5H2,1-4H3;2*1H;/q;;;+2/p-2. The van der Waals surface area contributed by atoms with Gasteiger partial charge in [0.15, 0.2) is 0 Å². The molecule has 0 aliphatic rings. The van der Waals surface area contributed by atoms with Gasteiger partial charge >= 0.3 is 35.6 Å². The summed E-state index contributed by atoms with van der Waals surface area (Å²) in [6, 6.07) is 3.82. The summed E-state index contributed by atoms with van der Waals surface area (Å²) in [6.07, 6.45) is 0. The predicted octanol–water partition coefficient (Wildman–Crippen LogP) is 4.71. The van der Waals surface area contributed by atoms with Gasteiger partial charge in [-0.15, -0.1) is 0 Å². The molecule has 1 N–H and O–H groups in total. The third kappa shape index (κ3) is 5.43. The van der Waals surface area contributed by atoms with E-state index in [9.17, 15) is 5.11 Å². The molecule has 0 bridgehead atoms. The zero-order valence-electron chi connectivity index (χ0n) is 10.5. The van der Waals surface area contributed by atoms with Crippen LogP contribution in [0.5, 0.6) is 5.75 Å². The van der Waals surface area contributed by atoms with Gasteiger partial charge in [0, 0.05) is 5.56 Å². The fraction of sp³-hybridized carbons (Fsp3) is 0.417. The molecule has 17 heavy (non-hydrogen) atoms. The first-order valence-electron chi connectivity index (χ1n) is 5.05. The van der Waals surface area contributed by atoms with Crippen molar-refractivity contribution in [2.45, 2.75) is 33.1 Å². The minimum absolute atomic E-state index is 0.0739. The number of hydrogen-bond donors (Lipinski definition) is 1. The van der Waals surface area contributed by atoms with Crippen LogP contribution < -0.4 is 0 Å². The van der Waals surface area contributed by atoms with E-state index in [2.05, 4.69) is 32.5 Å². The SMILES string of the molecule is C=Nc1cc(C)cc(C(C)(C)C)c1O.[Cl][Ti][Cl]. The van der Waals surface area contributed by atoms with E-state index in [4.69, 9.17) is 18.6 Å². The van der Waals surface area contributed by atoms with Crippen LogP contribution in [0.15, 0.2) is 17.1 Å². The summed E-state index contributed by atoms with van der Waals surface area (Å²) in [4.78, 5) is 3.81. The predicted molar refractivity (Wildman–Crippen MR) is 72.5 cm³/mol. The molecule has 0 unspecified atom stereocenters. The van der Waals surface area contributed by atoms with Crippen LogP contribution in [0.1, 0.15) is 31.9 Å². The molecule has 0 aromatic heterocycles. The van der Waals surface area contributed by atoms with Crippen molar-refractivity contribution in [3.63, 3.8) is 0 Å². The molecule has 0 aliphatic carbocycles. The third-order valence-corrected chi connectivity index (χ3v) is 2.21. The van der Waals surface area contributed by atoms with Crippen molar-refractivity contribution >= 4 is 31.0 Å². The zero-order chi connectivity index (χ0) is 13.6. The Labute approximate surface area is 120 Å². The molecule has 5 heteroatoms. The van der Waals surface area contributed by atoms with Crippen LogP contribution in [-0.4, -0.2) is 11.8 Å². The number of rotatable bonds is 1. The summed E-state index contributed by atoms with van der Waals surface area (Å²) in [7, 11) is 9.78. The van der Waals surface area contributed by atoms with Crippen molar-refractivity contribution in [3.8, 4) is 5.75 Å². The van der Waals surface area contributed by atoms with Gasteiger partial charge in [-0.05, 0) is 30.7 Å². The van der Waals surface area contributed by atoms with Gasteiger partial charge in [-0.1, -0.05) is 26.8 Å². The quantitative estimate of drug-likeness (QED) is 0.591. The van der Waals surface area contributed by atoms with Crippen LogP contribution in [0.4, 0.5) is 5.69 Å². The van der Waals surface area contributed by atoms with Crippen molar-refractivity contribution in [1.82, 2.24) is 0 Å². The molecule has 0 saturated heterocycles. The molecule has 0 heterocycles. The summed E-state index contributed by atoms with van der Waals surface area (Å²) >= 11 is -0.556. The average Bonchev–Trinajstić information content (AvgIpc) is 2.20. The average molecular weight is 310 g/mol.